The summed E-state index contributed by atoms with van der Waals surface area (Å²) in [5.74, 6) is -9.53. The fraction of sp³-hybridized carbons (Fsp3) is 0.0952. The van der Waals surface area contributed by atoms with Gasteiger partial charge in [0.1, 0.15) is 23.6 Å². The van der Waals surface area contributed by atoms with E-state index in [1.807, 2.05) is 0 Å². The lowest BCUT2D eigenvalue weighted by atomic mass is 10.1. The van der Waals surface area contributed by atoms with E-state index < -0.39 is 40.7 Å². The molecule has 0 bridgehead atoms. The number of hydrogen-bond acceptors (Lipinski definition) is 3. The molecule has 0 aromatic heterocycles. The summed E-state index contributed by atoms with van der Waals surface area (Å²) in [5, 5.41) is 4.14. The maximum Gasteiger partial charge on any atom is 0.422 e. The van der Waals surface area contributed by atoms with E-state index in [1.165, 1.54) is 12.1 Å². The van der Waals surface area contributed by atoms with Gasteiger partial charge in [0.15, 0.2) is 23.3 Å². The molecule has 0 aliphatic rings. The number of benzene rings is 3. The van der Waals surface area contributed by atoms with Crippen LogP contribution in [-0.4, -0.2) is 6.21 Å². The van der Waals surface area contributed by atoms with Crippen molar-refractivity contribution in [3.05, 3.63) is 90.9 Å². The predicted molar refractivity (Wildman–Crippen MR) is 117 cm³/mol. The van der Waals surface area contributed by atoms with E-state index in [0.29, 0.717) is 20.1 Å². The van der Waals surface area contributed by atoms with Gasteiger partial charge in [-0.25, -0.2) is 17.6 Å². The summed E-state index contributed by atoms with van der Waals surface area (Å²) in [6, 6.07) is 9.47. The largest absolute Gasteiger partial charge is 0.488 e. The number of hydrogen-bond donors (Lipinski definition) is 1. The second-order valence-electron chi connectivity index (χ2n) is 6.59. The second-order valence-corrected chi connectivity index (χ2v) is 8.32. The van der Waals surface area contributed by atoms with E-state index in [9.17, 15) is 30.7 Å². The summed E-state index contributed by atoms with van der Waals surface area (Å²) in [6.45, 7) is 0.0470. The Morgan fingerprint density at radius 3 is 2.15 bits per heavy atom. The fourth-order valence-electron chi connectivity index (χ4n) is 2.69. The van der Waals surface area contributed by atoms with Gasteiger partial charge in [0.05, 0.1) is 16.3 Å². The zero-order valence-electron chi connectivity index (χ0n) is 16.4. The maximum absolute atomic E-state index is 14.0. The average Bonchev–Trinajstić information content (AvgIpc) is 2.75. The van der Waals surface area contributed by atoms with Crippen LogP contribution in [-0.2, 0) is 12.8 Å². The van der Waals surface area contributed by atoms with E-state index in [-0.39, 0.29) is 17.9 Å². The van der Waals surface area contributed by atoms with Gasteiger partial charge in [-0.15, -0.1) is 0 Å². The van der Waals surface area contributed by atoms with Crippen molar-refractivity contribution in [1.29, 1.82) is 0 Å². The summed E-state index contributed by atoms with van der Waals surface area (Å²) < 4.78 is 99.8. The molecular weight excluding hydrogens is 580 g/mol. The molecule has 3 aromatic carbocycles. The SMILES string of the molecule is Fc1c(F)c(C(F)(F)F)c(F)c(F)c1NN=Cc1cc(Br)ccc1OCc1ccc(Cl)c(Cl)c1. The Kier molecular flexibility index (Phi) is 7.99. The van der Waals surface area contributed by atoms with Gasteiger partial charge in [0.2, 0.25) is 0 Å². The first-order valence-electron chi connectivity index (χ1n) is 8.98. The Labute approximate surface area is 206 Å². The quantitative estimate of drug-likeness (QED) is 0.136. The number of halogens is 10. The fourth-order valence-corrected chi connectivity index (χ4v) is 3.39. The molecule has 3 aromatic rings. The minimum absolute atomic E-state index is 0.0470. The molecular formula is C21H10BrCl2F7N2O. The number of rotatable bonds is 6. The van der Waals surface area contributed by atoms with E-state index in [4.69, 9.17) is 27.9 Å². The van der Waals surface area contributed by atoms with Crippen molar-refractivity contribution >= 4 is 51.0 Å². The van der Waals surface area contributed by atoms with Crippen molar-refractivity contribution in [2.24, 2.45) is 5.10 Å². The van der Waals surface area contributed by atoms with E-state index in [0.717, 1.165) is 6.21 Å². The van der Waals surface area contributed by atoms with Crippen molar-refractivity contribution < 1.29 is 35.5 Å². The van der Waals surface area contributed by atoms with Crippen molar-refractivity contribution in [2.45, 2.75) is 12.8 Å². The molecule has 0 fully saturated rings. The topological polar surface area (TPSA) is 33.6 Å². The minimum atomic E-state index is -5.64. The number of hydrazone groups is 1. The van der Waals surface area contributed by atoms with Crippen molar-refractivity contribution in [3.8, 4) is 5.75 Å². The smallest absolute Gasteiger partial charge is 0.422 e. The molecule has 0 aliphatic heterocycles. The Morgan fingerprint density at radius 2 is 1.56 bits per heavy atom. The summed E-state index contributed by atoms with van der Waals surface area (Å²) >= 11 is 15.0. The highest BCUT2D eigenvalue weighted by molar-refractivity contribution is 9.10. The standard InChI is InChI=1S/C21H10BrCl2F7N2O/c22-11-2-4-14(34-8-9-1-3-12(23)13(24)5-9)10(6-11)7-32-33-20-18(27)16(25)15(21(29,30)31)17(26)19(20)28/h1-7,33H,8H2. The summed E-state index contributed by atoms with van der Waals surface area (Å²) in [7, 11) is 0. The highest BCUT2D eigenvalue weighted by Crippen LogP contribution is 2.38. The van der Waals surface area contributed by atoms with Crippen LogP contribution in [0.5, 0.6) is 5.75 Å². The molecule has 0 atom stereocenters. The zero-order chi connectivity index (χ0) is 25.2. The van der Waals surface area contributed by atoms with E-state index in [1.54, 1.807) is 29.7 Å². The van der Waals surface area contributed by atoms with Crippen LogP contribution in [0.4, 0.5) is 36.4 Å². The third-order valence-corrected chi connectivity index (χ3v) is 5.51. The average molecular weight is 590 g/mol. The monoisotopic (exact) mass is 588 g/mol. The van der Waals surface area contributed by atoms with Crippen LogP contribution in [0.3, 0.4) is 0 Å². The van der Waals surface area contributed by atoms with Gasteiger partial charge in [0, 0.05) is 10.0 Å². The van der Waals surface area contributed by atoms with E-state index in [2.05, 4.69) is 21.0 Å². The maximum atomic E-state index is 14.0. The number of nitrogens with zero attached hydrogens (tertiary/aromatic N) is 1. The molecule has 0 heterocycles. The molecule has 3 nitrogen and oxygen atoms in total. The molecule has 0 amide bonds. The first kappa shape index (κ1) is 26.1. The lowest BCUT2D eigenvalue weighted by Crippen LogP contribution is -2.16. The molecule has 0 saturated heterocycles. The predicted octanol–water partition coefficient (Wildman–Crippen LogP) is 8.36. The third kappa shape index (κ3) is 5.76. The third-order valence-electron chi connectivity index (χ3n) is 4.28. The number of anilines is 1. The highest BCUT2D eigenvalue weighted by atomic mass is 79.9. The summed E-state index contributed by atoms with van der Waals surface area (Å²) in [4.78, 5) is 0. The van der Waals surface area contributed by atoms with Gasteiger partial charge in [-0.2, -0.15) is 18.3 Å². The summed E-state index contributed by atoms with van der Waals surface area (Å²) in [6.07, 6.45) is -4.66. The lowest BCUT2D eigenvalue weighted by Gasteiger charge is -2.13. The Morgan fingerprint density at radius 1 is 0.912 bits per heavy atom. The first-order chi connectivity index (χ1) is 15.9. The van der Waals surface area contributed by atoms with Gasteiger partial charge in [0.25, 0.3) is 0 Å². The van der Waals surface area contributed by atoms with Gasteiger partial charge in [-0.3, -0.25) is 5.43 Å². The molecule has 0 radical (unpaired) electrons. The molecule has 0 saturated carbocycles. The van der Waals surface area contributed by atoms with Gasteiger partial charge < -0.3 is 4.74 Å². The summed E-state index contributed by atoms with van der Waals surface area (Å²) in [5.41, 5.74) is -1.61. The molecule has 13 heteroatoms. The normalized spacial score (nSPS) is 11.8. The zero-order valence-corrected chi connectivity index (χ0v) is 19.5. The second kappa shape index (κ2) is 10.4. The van der Waals surface area contributed by atoms with Crippen molar-refractivity contribution in [1.82, 2.24) is 0 Å². The molecule has 0 spiro atoms. The van der Waals surface area contributed by atoms with E-state index >= 15 is 0 Å². The number of nitrogens with one attached hydrogen (secondary N) is 1. The molecule has 34 heavy (non-hydrogen) atoms. The van der Waals surface area contributed by atoms with Crippen LogP contribution in [0.15, 0.2) is 46.0 Å². The molecule has 0 unspecified atom stereocenters. The Hall–Kier alpha value is -2.50. The van der Waals surface area contributed by atoms with Gasteiger partial charge in [-0.1, -0.05) is 45.2 Å². The van der Waals surface area contributed by atoms with Crippen LogP contribution in [0.25, 0.3) is 0 Å². The number of ether oxygens (including phenoxy) is 1. The molecule has 0 aliphatic carbocycles. The van der Waals surface area contributed by atoms with Crippen LogP contribution in [0, 0.1) is 23.3 Å². The van der Waals surface area contributed by atoms with Gasteiger partial charge >= 0.3 is 6.18 Å². The Bertz CT molecular complexity index is 1240. The number of alkyl halides is 3. The lowest BCUT2D eigenvalue weighted by molar-refractivity contribution is -0.143. The van der Waals surface area contributed by atoms with Crippen molar-refractivity contribution in [2.75, 3.05) is 5.43 Å². The van der Waals surface area contributed by atoms with Gasteiger partial charge in [-0.05, 0) is 35.9 Å². The Balaban J connectivity index is 1.85. The highest BCUT2D eigenvalue weighted by Gasteiger charge is 2.42. The molecule has 1 N–H and O–H groups in total. The minimum Gasteiger partial charge on any atom is -0.488 e. The van der Waals surface area contributed by atoms with Crippen LogP contribution in [0.1, 0.15) is 16.7 Å². The first-order valence-corrected chi connectivity index (χ1v) is 10.5. The molecule has 180 valence electrons. The van der Waals surface area contributed by atoms with Crippen LogP contribution in [0.2, 0.25) is 10.0 Å². The van der Waals surface area contributed by atoms with Crippen LogP contribution >= 0.6 is 39.1 Å². The van der Waals surface area contributed by atoms with Crippen molar-refractivity contribution in [3.63, 3.8) is 0 Å². The molecule has 3 rings (SSSR count). The van der Waals surface area contributed by atoms with Crippen LogP contribution < -0.4 is 10.2 Å².